The van der Waals surface area contributed by atoms with Crippen LogP contribution in [0.4, 0.5) is 16.2 Å². The number of hydrogen-bond acceptors (Lipinski definition) is 4. The van der Waals surface area contributed by atoms with E-state index in [1.165, 1.54) is 0 Å². The van der Waals surface area contributed by atoms with E-state index in [1.54, 1.807) is 25.3 Å². The highest BCUT2D eigenvalue weighted by molar-refractivity contribution is 5.94. The number of halogens is 1. The van der Waals surface area contributed by atoms with Crippen molar-refractivity contribution >= 4 is 35.7 Å². The molecule has 0 saturated carbocycles. The Morgan fingerprint density at radius 2 is 2.11 bits per heavy atom. The Balaban J connectivity index is 0.00000364. The van der Waals surface area contributed by atoms with Crippen LogP contribution in [0.15, 0.2) is 18.2 Å². The fourth-order valence-electron chi connectivity index (χ4n) is 3.05. The lowest BCUT2D eigenvalue weighted by atomic mass is 9.94. The molecule has 0 aliphatic carbocycles. The maximum Gasteiger partial charge on any atom is 0.317 e. The minimum absolute atomic E-state index is 0. The van der Waals surface area contributed by atoms with Crippen LogP contribution in [0.3, 0.4) is 0 Å². The van der Waals surface area contributed by atoms with Gasteiger partial charge in [-0.05, 0) is 36.8 Å². The fraction of sp³-hybridized carbons (Fsp3) is 0.579. The molecule has 7 nitrogen and oxygen atoms in total. The maximum atomic E-state index is 12.4. The average Bonchev–Trinajstić information content (AvgIpc) is 2.61. The summed E-state index contributed by atoms with van der Waals surface area (Å²) in [5, 5.41) is 5.80. The molecule has 1 aliphatic rings. The van der Waals surface area contributed by atoms with Crippen molar-refractivity contribution in [3.05, 3.63) is 18.2 Å². The quantitative estimate of drug-likeness (QED) is 0.641. The van der Waals surface area contributed by atoms with E-state index in [0.717, 1.165) is 19.4 Å². The van der Waals surface area contributed by atoms with Gasteiger partial charge in [0.1, 0.15) is 5.75 Å². The van der Waals surface area contributed by atoms with Crippen LogP contribution in [0, 0.1) is 11.8 Å². The van der Waals surface area contributed by atoms with Crippen molar-refractivity contribution in [3.8, 4) is 5.75 Å². The first-order valence-corrected chi connectivity index (χ1v) is 9.15. The molecule has 2 rings (SSSR count). The number of nitrogens with zero attached hydrogens (tertiary/aromatic N) is 1. The first kappa shape index (κ1) is 22.9. The number of piperidine rings is 1. The lowest BCUT2D eigenvalue weighted by Crippen LogP contribution is -2.46. The SMILES string of the molecule is COc1ccc(N)c(NC(=O)CC2CCCN(C(=O)NCC(C)C)C2)c1.Cl. The number of nitrogens with one attached hydrogen (secondary N) is 2. The summed E-state index contributed by atoms with van der Waals surface area (Å²) >= 11 is 0. The van der Waals surface area contributed by atoms with E-state index in [4.69, 9.17) is 10.5 Å². The fourth-order valence-corrected chi connectivity index (χ4v) is 3.05. The average molecular weight is 399 g/mol. The molecule has 152 valence electrons. The molecule has 1 unspecified atom stereocenters. The molecule has 1 fully saturated rings. The normalized spacial score (nSPS) is 16.4. The largest absolute Gasteiger partial charge is 0.497 e. The van der Waals surface area contributed by atoms with Crippen LogP contribution in [0.2, 0.25) is 0 Å². The molecule has 1 saturated heterocycles. The van der Waals surface area contributed by atoms with Crippen LogP contribution in [0.25, 0.3) is 0 Å². The number of hydrogen-bond donors (Lipinski definition) is 3. The first-order chi connectivity index (χ1) is 12.4. The van der Waals surface area contributed by atoms with Crippen molar-refractivity contribution < 1.29 is 14.3 Å². The second-order valence-electron chi connectivity index (χ2n) is 7.24. The van der Waals surface area contributed by atoms with Crippen LogP contribution in [0.5, 0.6) is 5.75 Å². The number of nitrogens with two attached hydrogens (primary N) is 1. The Hall–Kier alpha value is -2.15. The van der Waals surface area contributed by atoms with E-state index in [9.17, 15) is 9.59 Å². The molecule has 3 amide bonds. The summed E-state index contributed by atoms with van der Waals surface area (Å²) in [4.78, 5) is 26.4. The Labute approximate surface area is 167 Å². The number of rotatable bonds is 6. The number of urea groups is 1. The van der Waals surface area contributed by atoms with E-state index >= 15 is 0 Å². The van der Waals surface area contributed by atoms with Gasteiger partial charge < -0.3 is 26.0 Å². The lowest BCUT2D eigenvalue weighted by molar-refractivity contribution is -0.117. The van der Waals surface area contributed by atoms with E-state index in [-0.39, 0.29) is 30.3 Å². The topological polar surface area (TPSA) is 96.7 Å². The summed E-state index contributed by atoms with van der Waals surface area (Å²) in [6.45, 7) is 6.13. The number of methoxy groups -OCH3 is 1. The third-order valence-electron chi connectivity index (χ3n) is 4.48. The highest BCUT2D eigenvalue weighted by Crippen LogP contribution is 2.26. The van der Waals surface area contributed by atoms with Gasteiger partial charge in [0, 0.05) is 32.1 Å². The van der Waals surface area contributed by atoms with Gasteiger partial charge in [-0.15, -0.1) is 12.4 Å². The minimum Gasteiger partial charge on any atom is -0.497 e. The summed E-state index contributed by atoms with van der Waals surface area (Å²) in [6.07, 6.45) is 2.22. The molecule has 4 N–H and O–H groups in total. The molecular formula is C19H31ClN4O3. The van der Waals surface area contributed by atoms with Gasteiger partial charge >= 0.3 is 6.03 Å². The number of amides is 3. The van der Waals surface area contributed by atoms with Crippen LogP contribution < -0.4 is 21.1 Å². The number of carbonyl (C=O) groups excluding carboxylic acids is 2. The Morgan fingerprint density at radius 3 is 2.78 bits per heavy atom. The van der Waals surface area contributed by atoms with Gasteiger partial charge in [0.2, 0.25) is 5.91 Å². The van der Waals surface area contributed by atoms with Crippen molar-refractivity contribution in [2.75, 3.05) is 37.8 Å². The molecule has 27 heavy (non-hydrogen) atoms. The Bertz CT molecular complexity index is 639. The molecule has 0 radical (unpaired) electrons. The van der Waals surface area contributed by atoms with E-state index < -0.39 is 0 Å². The summed E-state index contributed by atoms with van der Waals surface area (Å²) in [6, 6.07) is 5.12. The third kappa shape index (κ3) is 7.17. The number of anilines is 2. The monoisotopic (exact) mass is 398 g/mol. The first-order valence-electron chi connectivity index (χ1n) is 9.15. The number of likely N-dealkylation sites (tertiary alicyclic amines) is 1. The van der Waals surface area contributed by atoms with Crippen molar-refractivity contribution in [2.45, 2.75) is 33.1 Å². The lowest BCUT2D eigenvalue weighted by Gasteiger charge is -2.32. The molecule has 1 aromatic carbocycles. The van der Waals surface area contributed by atoms with Crippen molar-refractivity contribution in [3.63, 3.8) is 0 Å². The number of benzene rings is 1. The van der Waals surface area contributed by atoms with Crippen molar-refractivity contribution in [1.29, 1.82) is 0 Å². The zero-order valence-electron chi connectivity index (χ0n) is 16.3. The Kier molecular flexibility index (Phi) is 9.21. The molecule has 0 spiro atoms. The molecule has 1 atom stereocenters. The van der Waals surface area contributed by atoms with E-state index in [1.807, 2.05) is 4.90 Å². The van der Waals surface area contributed by atoms with Gasteiger partial charge in [0.05, 0.1) is 18.5 Å². The summed E-state index contributed by atoms with van der Waals surface area (Å²) in [7, 11) is 1.57. The number of ether oxygens (including phenoxy) is 1. The maximum absolute atomic E-state index is 12.4. The predicted molar refractivity (Wildman–Crippen MR) is 110 cm³/mol. The molecule has 1 aliphatic heterocycles. The van der Waals surface area contributed by atoms with Crippen LogP contribution in [-0.4, -0.2) is 43.6 Å². The molecule has 0 aromatic heterocycles. The molecule has 1 aromatic rings. The highest BCUT2D eigenvalue weighted by atomic mass is 35.5. The standard InChI is InChI=1S/C19H30N4O3.ClH/c1-13(2)11-21-19(25)23-8-4-5-14(12-23)9-18(24)22-17-10-15(26-3)6-7-16(17)20;/h6-7,10,13-14H,4-5,8-9,11-12,20H2,1-3H3,(H,21,25)(H,22,24);1H. The predicted octanol–water partition coefficient (Wildman–Crippen LogP) is 3.11. The van der Waals surface area contributed by atoms with Crippen molar-refractivity contribution in [1.82, 2.24) is 10.2 Å². The number of carbonyl (C=O) groups is 2. The van der Waals surface area contributed by atoms with Crippen LogP contribution in [0.1, 0.15) is 33.1 Å². The second kappa shape index (κ2) is 10.9. The summed E-state index contributed by atoms with van der Waals surface area (Å²) in [5.74, 6) is 1.11. The zero-order valence-corrected chi connectivity index (χ0v) is 17.1. The van der Waals surface area contributed by atoms with Gasteiger partial charge in [0.15, 0.2) is 0 Å². The highest BCUT2D eigenvalue weighted by Gasteiger charge is 2.25. The van der Waals surface area contributed by atoms with Gasteiger partial charge in [-0.2, -0.15) is 0 Å². The molecule has 1 heterocycles. The van der Waals surface area contributed by atoms with E-state index in [0.29, 0.717) is 42.6 Å². The van der Waals surface area contributed by atoms with Gasteiger partial charge in [0.25, 0.3) is 0 Å². The van der Waals surface area contributed by atoms with Crippen LogP contribution >= 0.6 is 12.4 Å². The van der Waals surface area contributed by atoms with E-state index in [2.05, 4.69) is 24.5 Å². The Morgan fingerprint density at radius 1 is 1.37 bits per heavy atom. The minimum atomic E-state index is -0.0978. The van der Waals surface area contributed by atoms with Gasteiger partial charge in [-0.3, -0.25) is 4.79 Å². The number of nitrogen functional groups attached to an aromatic ring is 1. The zero-order chi connectivity index (χ0) is 19.1. The summed E-state index contributed by atoms with van der Waals surface area (Å²) in [5.41, 5.74) is 6.96. The van der Waals surface area contributed by atoms with Crippen LogP contribution in [-0.2, 0) is 4.79 Å². The molecule has 8 heteroatoms. The van der Waals surface area contributed by atoms with Gasteiger partial charge in [-0.1, -0.05) is 13.8 Å². The van der Waals surface area contributed by atoms with Gasteiger partial charge in [-0.25, -0.2) is 4.79 Å². The molecular weight excluding hydrogens is 368 g/mol. The van der Waals surface area contributed by atoms with Crippen molar-refractivity contribution in [2.24, 2.45) is 11.8 Å². The summed E-state index contributed by atoms with van der Waals surface area (Å²) < 4.78 is 5.16. The molecule has 0 bridgehead atoms. The smallest absolute Gasteiger partial charge is 0.317 e. The third-order valence-corrected chi connectivity index (χ3v) is 4.48. The second-order valence-corrected chi connectivity index (χ2v) is 7.24.